The van der Waals surface area contributed by atoms with Crippen LogP contribution in [0.25, 0.3) is 0 Å². The van der Waals surface area contributed by atoms with Gasteiger partial charge in [0.2, 0.25) is 11.8 Å². The van der Waals surface area contributed by atoms with Gasteiger partial charge in [0, 0.05) is 33.3 Å². The highest BCUT2D eigenvalue weighted by Gasteiger charge is 2.58. The molecule has 4 unspecified atom stereocenters. The van der Waals surface area contributed by atoms with E-state index in [0.29, 0.717) is 38.1 Å². The minimum atomic E-state index is -0.118. The van der Waals surface area contributed by atoms with Gasteiger partial charge in [0.1, 0.15) is 0 Å². The number of hydrogen-bond acceptors (Lipinski definition) is 4. The molecule has 2 amide bonds. The van der Waals surface area contributed by atoms with Gasteiger partial charge in [-0.05, 0) is 24.2 Å². The number of imide groups is 1. The zero-order chi connectivity index (χ0) is 18.7. The molecule has 2 aliphatic carbocycles. The number of rotatable bonds is 8. The summed E-state index contributed by atoms with van der Waals surface area (Å²) in [5.41, 5.74) is 0. The Morgan fingerprint density at radius 1 is 1.19 bits per heavy atom. The van der Waals surface area contributed by atoms with Crippen molar-refractivity contribution in [1.29, 1.82) is 0 Å². The first-order valence-electron chi connectivity index (χ1n) is 9.58. The summed E-state index contributed by atoms with van der Waals surface area (Å²) in [4.78, 5) is 30.8. The molecule has 2 fully saturated rings. The summed E-state index contributed by atoms with van der Waals surface area (Å²) < 4.78 is 5.52. The summed E-state index contributed by atoms with van der Waals surface area (Å²) in [7, 11) is 1.70. The highest BCUT2D eigenvalue weighted by Crippen LogP contribution is 2.52. The van der Waals surface area contributed by atoms with Crippen LogP contribution < -0.4 is 10.6 Å². The first-order valence-corrected chi connectivity index (χ1v) is 9.58. The van der Waals surface area contributed by atoms with Crippen LogP contribution in [0.1, 0.15) is 20.3 Å². The quantitative estimate of drug-likeness (QED) is 0.218. The maximum Gasteiger partial charge on any atom is 0.233 e. The van der Waals surface area contributed by atoms with Crippen molar-refractivity contribution in [3.05, 3.63) is 12.2 Å². The molecule has 3 rings (SSSR count). The zero-order valence-electron chi connectivity index (χ0n) is 15.9. The van der Waals surface area contributed by atoms with Gasteiger partial charge in [0.05, 0.1) is 18.4 Å². The lowest BCUT2D eigenvalue weighted by Crippen LogP contribution is -2.44. The number of fused-ring (bicyclic) bond motifs is 5. The van der Waals surface area contributed by atoms with Gasteiger partial charge in [-0.2, -0.15) is 0 Å². The Balaban J connectivity index is 1.39. The van der Waals surface area contributed by atoms with Gasteiger partial charge >= 0.3 is 0 Å². The molecule has 7 nitrogen and oxygen atoms in total. The van der Waals surface area contributed by atoms with E-state index in [1.165, 1.54) is 4.90 Å². The van der Waals surface area contributed by atoms with E-state index in [1.807, 2.05) is 0 Å². The van der Waals surface area contributed by atoms with Gasteiger partial charge in [-0.25, -0.2) is 0 Å². The molecule has 0 aromatic heterocycles. The number of allylic oxidation sites excluding steroid dienone is 2. The lowest BCUT2D eigenvalue weighted by molar-refractivity contribution is -0.140. The van der Waals surface area contributed by atoms with Crippen LogP contribution in [0.2, 0.25) is 0 Å². The molecule has 2 N–H and O–H groups in total. The second-order valence-electron chi connectivity index (χ2n) is 7.72. The number of hydrogen-bond donors (Lipinski definition) is 2. The van der Waals surface area contributed by atoms with E-state index in [9.17, 15) is 9.59 Å². The standard InChI is InChI=1S/C19H30N4O3/c1-12(2)11-26-9-7-22-19(20-3)21-6-8-23-17(24)15-13-4-5-14(10-13)16(15)18(23)25/h4-5,12-16H,6-11H2,1-3H3,(H2,20,21,22). The smallest absolute Gasteiger partial charge is 0.233 e. The van der Waals surface area contributed by atoms with Gasteiger partial charge in [0.15, 0.2) is 5.96 Å². The third-order valence-electron chi connectivity index (χ3n) is 5.40. The predicted octanol–water partition coefficient (Wildman–Crippen LogP) is 0.631. The molecular weight excluding hydrogens is 332 g/mol. The minimum Gasteiger partial charge on any atom is -0.379 e. The maximum absolute atomic E-state index is 12.6. The fraction of sp³-hybridized carbons (Fsp3) is 0.737. The van der Waals surface area contributed by atoms with Gasteiger partial charge in [0.25, 0.3) is 0 Å². The summed E-state index contributed by atoms with van der Waals surface area (Å²) in [6, 6.07) is 0. The summed E-state index contributed by atoms with van der Waals surface area (Å²) in [5.74, 6) is 1.47. The fourth-order valence-electron chi connectivity index (χ4n) is 4.25. The number of carbonyl (C=O) groups excluding carboxylic acids is 2. The Kier molecular flexibility index (Phi) is 5.96. The number of carbonyl (C=O) groups is 2. The van der Waals surface area contributed by atoms with Gasteiger partial charge in [-0.15, -0.1) is 0 Å². The van der Waals surface area contributed by atoms with Crippen LogP contribution >= 0.6 is 0 Å². The van der Waals surface area contributed by atoms with Gasteiger partial charge < -0.3 is 15.4 Å². The largest absolute Gasteiger partial charge is 0.379 e. The summed E-state index contributed by atoms with van der Waals surface area (Å²) in [5, 5.41) is 6.33. The van der Waals surface area contributed by atoms with Crippen LogP contribution in [0.4, 0.5) is 0 Å². The molecule has 1 heterocycles. The molecule has 0 spiro atoms. The average molecular weight is 362 g/mol. The van der Waals surface area contributed by atoms with Crippen molar-refractivity contribution in [2.24, 2.45) is 34.6 Å². The third kappa shape index (κ3) is 3.77. The first-order chi connectivity index (χ1) is 12.5. The Morgan fingerprint density at radius 3 is 2.38 bits per heavy atom. The van der Waals surface area contributed by atoms with Crippen molar-refractivity contribution in [1.82, 2.24) is 15.5 Å². The lowest BCUT2D eigenvalue weighted by atomic mass is 9.85. The Hall–Kier alpha value is -1.89. The van der Waals surface area contributed by atoms with Crippen molar-refractivity contribution in [3.8, 4) is 0 Å². The van der Waals surface area contributed by atoms with E-state index in [4.69, 9.17) is 4.74 Å². The van der Waals surface area contributed by atoms with E-state index in [1.54, 1.807) is 7.05 Å². The van der Waals surface area contributed by atoms with Gasteiger partial charge in [-0.1, -0.05) is 26.0 Å². The van der Waals surface area contributed by atoms with Crippen molar-refractivity contribution in [3.63, 3.8) is 0 Å². The molecule has 4 atom stereocenters. The maximum atomic E-state index is 12.6. The molecule has 26 heavy (non-hydrogen) atoms. The van der Waals surface area contributed by atoms with Crippen LogP contribution in [-0.2, 0) is 14.3 Å². The molecule has 144 valence electrons. The summed E-state index contributed by atoms with van der Waals surface area (Å²) in [6.07, 6.45) is 5.20. The Labute approximate surface area is 155 Å². The number of guanidine groups is 1. The van der Waals surface area contributed by atoms with Crippen molar-refractivity contribution < 1.29 is 14.3 Å². The first kappa shape index (κ1) is 18.9. The molecule has 7 heteroatoms. The second kappa shape index (κ2) is 8.20. The molecule has 0 radical (unpaired) electrons. The van der Waals surface area contributed by atoms with Crippen LogP contribution in [0.15, 0.2) is 17.1 Å². The molecule has 0 aromatic rings. The zero-order valence-corrected chi connectivity index (χ0v) is 15.9. The Bertz CT molecular complexity index is 572. The highest BCUT2D eigenvalue weighted by atomic mass is 16.5. The van der Waals surface area contributed by atoms with Crippen LogP contribution in [-0.4, -0.2) is 62.6 Å². The molecule has 1 aliphatic heterocycles. The molecule has 1 saturated carbocycles. The number of likely N-dealkylation sites (tertiary alicyclic amines) is 1. The topological polar surface area (TPSA) is 83.0 Å². The fourth-order valence-corrected chi connectivity index (χ4v) is 4.25. The van der Waals surface area contributed by atoms with Crippen LogP contribution in [0, 0.1) is 29.6 Å². The van der Waals surface area contributed by atoms with E-state index < -0.39 is 0 Å². The van der Waals surface area contributed by atoms with Crippen LogP contribution in [0.5, 0.6) is 0 Å². The van der Waals surface area contributed by atoms with Crippen LogP contribution in [0.3, 0.4) is 0 Å². The second-order valence-corrected chi connectivity index (χ2v) is 7.72. The SMILES string of the molecule is CN=C(NCCOCC(C)C)NCCN1C(=O)C2C3C=CC(C3)C2C1=O. The lowest BCUT2D eigenvalue weighted by Gasteiger charge is -2.18. The van der Waals surface area contributed by atoms with E-state index in [2.05, 4.69) is 41.6 Å². The molecular formula is C19H30N4O3. The van der Waals surface area contributed by atoms with E-state index >= 15 is 0 Å². The molecule has 2 bridgehead atoms. The number of nitrogens with zero attached hydrogens (tertiary/aromatic N) is 2. The number of ether oxygens (including phenoxy) is 1. The third-order valence-corrected chi connectivity index (χ3v) is 5.40. The number of amides is 2. The van der Waals surface area contributed by atoms with Gasteiger partial charge in [-0.3, -0.25) is 19.5 Å². The van der Waals surface area contributed by atoms with E-state index in [-0.39, 0.29) is 35.5 Å². The number of aliphatic imine (C=N–C) groups is 1. The summed E-state index contributed by atoms with van der Waals surface area (Å²) >= 11 is 0. The molecule has 1 saturated heterocycles. The Morgan fingerprint density at radius 2 is 1.81 bits per heavy atom. The highest BCUT2D eigenvalue weighted by molar-refractivity contribution is 6.06. The van der Waals surface area contributed by atoms with Crippen molar-refractivity contribution in [2.75, 3.05) is 39.9 Å². The minimum absolute atomic E-state index is 0.00341. The predicted molar refractivity (Wildman–Crippen MR) is 99.5 cm³/mol. The molecule has 0 aromatic carbocycles. The van der Waals surface area contributed by atoms with E-state index in [0.717, 1.165) is 13.0 Å². The monoisotopic (exact) mass is 362 g/mol. The van der Waals surface area contributed by atoms with Crippen molar-refractivity contribution >= 4 is 17.8 Å². The average Bonchev–Trinajstić information content (AvgIpc) is 3.28. The summed E-state index contributed by atoms with van der Waals surface area (Å²) in [6.45, 7) is 7.12. The van der Waals surface area contributed by atoms with Crippen molar-refractivity contribution in [2.45, 2.75) is 20.3 Å². The normalized spacial score (nSPS) is 29.8. The molecule has 3 aliphatic rings. The number of nitrogens with one attached hydrogen (secondary N) is 2.